The Hall–Kier alpha value is -1.55. The minimum atomic E-state index is -0.254. The van der Waals surface area contributed by atoms with Crippen LogP contribution in [0.1, 0.15) is 44.6 Å². The third kappa shape index (κ3) is 4.74. The smallest absolute Gasteiger partial charge is 0.236 e. The molecular formula is C17H27N3O. The van der Waals surface area contributed by atoms with Crippen molar-refractivity contribution < 1.29 is 4.79 Å². The van der Waals surface area contributed by atoms with Gasteiger partial charge in [0.25, 0.3) is 0 Å². The standard InChI is InChI=1S/C17H27N3O/c1-2-11-19-12-14-7-9-16(10-8-14)20(13-17(18)21)15-5-3-4-6-15/h7-10,15,19H,2-6,11-13H2,1H3,(H2,18,21). The highest BCUT2D eigenvalue weighted by atomic mass is 16.1. The lowest BCUT2D eigenvalue weighted by atomic mass is 10.1. The first kappa shape index (κ1) is 15.8. The number of nitrogens with two attached hydrogens (primary N) is 1. The number of carbonyl (C=O) groups is 1. The molecule has 0 saturated heterocycles. The largest absolute Gasteiger partial charge is 0.368 e. The molecule has 0 spiro atoms. The molecule has 0 aromatic heterocycles. The average molecular weight is 289 g/mol. The fourth-order valence-electron chi connectivity index (χ4n) is 3.03. The predicted molar refractivity (Wildman–Crippen MR) is 87.2 cm³/mol. The summed E-state index contributed by atoms with van der Waals surface area (Å²) in [7, 11) is 0. The Bertz CT molecular complexity index is 438. The van der Waals surface area contributed by atoms with Crippen LogP contribution in [-0.4, -0.2) is 25.0 Å². The molecule has 0 bridgehead atoms. The van der Waals surface area contributed by atoms with Gasteiger partial charge in [0.15, 0.2) is 0 Å². The van der Waals surface area contributed by atoms with Crippen LogP contribution in [0, 0.1) is 0 Å². The Balaban J connectivity index is 2.03. The molecule has 1 aliphatic rings. The van der Waals surface area contributed by atoms with Gasteiger partial charge < -0.3 is 16.0 Å². The number of benzene rings is 1. The van der Waals surface area contributed by atoms with Gasteiger partial charge in [-0.15, -0.1) is 0 Å². The van der Waals surface area contributed by atoms with E-state index in [-0.39, 0.29) is 5.91 Å². The number of hydrogen-bond acceptors (Lipinski definition) is 3. The molecule has 1 amide bonds. The highest BCUT2D eigenvalue weighted by Crippen LogP contribution is 2.28. The van der Waals surface area contributed by atoms with Crippen LogP contribution in [0.25, 0.3) is 0 Å². The fraction of sp³-hybridized carbons (Fsp3) is 0.588. The van der Waals surface area contributed by atoms with Crippen molar-refractivity contribution in [2.45, 2.75) is 51.6 Å². The molecule has 0 atom stereocenters. The third-order valence-corrected chi connectivity index (χ3v) is 4.12. The Kier molecular flexibility index (Phi) is 6.05. The molecule has 1 aromatic carbocycles. The van der Waals surface area contributed by atoms with Crippen molar-refractivity contribution >= 4 is 11.6 Å². The highest BCUT2D eigenvalue weighted by Gasteiger charge is 2.23. The van der Waals surface area contributed by atoms with Gasteiger partial charge in [-0.25, -0.2) is 0 Å². The van der Waals surface area contributed by atoms with Crippen LogP contribution in [0.4, 0.5) is 5.69 Å². The van der Waals surface area contributed by atoms with Gasteiger partial charge in [0.1, 0.15) is 0 Å². The second-order valence-corrected chi connectivity index (χ2v) is 5.88. The van der Waals surface area contributed by atoms with E-state index in [1.807, 2.05) is 0 Å². The molecule has 0 aliphatic heterocycles. The number of nitrogens with zero attached hydrogens (tertiary/aromatic N) is 1. The Morgan fingerprint density at radius 3 is 2.52 bits per heavy atom. The Morgan fingerprint density at radius 2 is 1.95 bits per heavy atom. The van der Waals surface area contributed by atoms with Crippen molar-refractivity contribution in [1.82, 2.24) is 5.32 Å². The van der Waals surface area contributed by atoms with Crippen LogP contribution in [0.3, 0.4) is 0 Å². The van der Waals surface area contributed by atoms with Gasteiger partial charge in [-0.2, -0.15) is 0 Å². The van der Waals surface area contributed by atoms with E-state index in [1.54, 1.807) is 0 Å². The quantitative estimate of drug-likeness (QED) is 0.723. The number of primary amides is 1. The maximum Gasteiger partial charge on any atom is 0.236 e. The molecule has 116 valence electrons. The summed E-state index contributed by atoms with van der Waals surface area (Å²) < 4.78 is 0. The van der Waals surface area contributed by atoms with Crippen molar-refractivity contribution in [3.8, 4) is 0 Å². The molecule has 1 saturated carbocycles. The van der Waals surface area contributed by atoms with Crippen molar-refractivity contribution in [2.24, 2.45) is 5.73 Å². The summed E-state index contributed by atoms with van der Waals surface area (Å²) in [5.41, 5.74) is 7.81. The van der Waals surface area contributed by atoms with E-state index in [1.165, 1.54) is 18.4 Å². The maximum atomic E-state index is 11.4. The summed E-state index contributed by atoms with van der Waals surface area (Å²) in [5, 5.41) is 3.40. The molecule has 0 heterocycles. The summed E-state index contributed by atoms with van der Waals surface area (Å²) in [6, 6.07) is 8.97. The van der Waals surface area contributed by atoms with Crippen LogP contribution < -0.4 is 16.0 Å². The van der Waals surface area contributed by atoms with Crippen LogP contribution in [-0.2, 0) is 11.3 Å². The number of anilines is 1. The molecule has 21 heavy (non-hydrogen) atoms. The van der Waals surface area contributed by atoms with Gasteiger partial charge in [-0.05, 0) is 43.5 Å². The van der Waals surface area contributed by atoms with Crippen molar-refractivity contribution in [3.63, 3.8) is 0 Å². The van der Waals surface area contributed by atoms with E-state index >= 15 is 0 Å². The summed E-state index contributed by atoms with van der Waals surface area (Å²) in [4.78, 5) is 13.5. The number of rotatable bonds is 8. The zero-order valence-corrected chi connectivity index (χ0v) is 13.0. The van der Waals surface area contributed by atoms with Crippen LogP contribution in [0.2, 0.25) is 0 Å². The van der Waals surface area contributed by atoms with Gasteiger partial charge in [0.2, 0.25) is 5.91 Å². The molecule has 0 unspecified atom stereocenters. The van der Waals surface area contributed by atoms with Crippen LogP contribution >= 0.6 is 0 Å². The minimum absolute atomic E-state index is 0.254. The average Bonchev–Trinajstić information content (AvgIpc) is 3.00. The topological polar surface area (TPSA) is 58.4 Å². The van der Waals surface area contributed by atoms with E-state index in [4.69, 9.17) is 5.73 Å². The van der Waals surface area contributed by atoms with E-state index in [0.717, 1.165) is 38.0 Å². The van der Waals surface area contributed by atoms with E-state index in [0.29, 0.717) is 12.6 Å². The number of nitrogens with one attached hydrogen (secondary N) is 1. The molecule has 1 aromatic rings. The molecule has 3 N–H and O–H groups in total. The first-order valence-electron chi connectivity index (χ1n) is 8.05. The van der Waals surface area contributed by atoms with Crippen LogP contribution in [0.5, 0.6) is 0 Å². The summed E-state index contributed by atoms with van der Waals surface area (Å²) in [6.07, 6.45) is 5.96. The van der Waals surface area contributed by atoms with Crippen molar-refractivity contribution in [3.05, 3.63) is 29.8 Å². The lowest BCUT2D eigenvalue weighted by Gasteiger charge is -2.30. The van der Waals surface area contributed by atoms with Gasteiger partial charge in [0.05, 0.1) is 6.54 Å². The Labute approximate surface area is 127 Å². The first-order valence-corrected chi connectivity index (χ1v) is 8.05. The molecule has 0 radical (unpaired) electrons. The first-order chi connectivity index (χ1) is 10.2. The zero-order valence-electron chi connectivity index (χ0n) is 13.0. The van der Waals surface area contributed by atoms with E-state index in [9.17, 15) is 4.79 Å². The van der Waals surface area contributed by atoms with Gasteiger partial charge in [-0.1, -0.05) is 31.9 Å². The summed E-state index contributed by atoms with van der Waals surface area (Å²) >= 11 is 0. The van der Waals surface area contributed by atoms with Crippen molar-refractivity contribution in [2.75, 3.05) is 18.0 Å². The van der Waals surface area contributed by atoms with Crippen molar-refractivity contribution in [1.29, 1.82) is 0 Å². The number of hydrogen-bond donors (Lipinski definition) is 2. The van der Waals surface area contributed by atoms with E-state index < -0.39 is 0 Å². The lowest BCUT2D eigenvalue weighted by Crippen LogP contribution is -2.40. The predicted octanol–water partition coefficient (Wildman–Crippen LogP) is 2.42. The zero-order chi connectivity index (χ0) is 15.1. The minimum Gasteiger partial charge on any atom is -0.368 e. The molecule has 1 aliphatic carbocycles. The maximum absolute atomic E-state index is 11.4. The number of carbonyl (C=O) groups excluding carboxylic acids is 1. The van der Waals surface area contributed by atoms with Gasteiger partial charge in [-0.3, -0.25) is 4.79 Å². The molecular weight excluding hydrogens is 262 g/mol. The second kappa shape index (κ2) is 8.03. The molecule has 1 fully saturated rings. The normalized spacial score (nSPS) is 15.3. The number of amides is 1. The molecule has 2 rings (SSSR count). The SMILES string of the molecule is CCCNCc1ccc(N(CC(N)=O)C2CCCC2)cc1. The second-order valence-electron chi connectivity index (χ2n) is 5.88. The van der Waals surface area contributed by atoms with Gasteiger partial charge >= 0.3 is 0 Å². The monoisotopic (exact) mass is 289 g/mol. The Morgan fingerprint density at radius 1 is 1.29 bits per heavy atom. The fourth-order valence-corrected chi connectivity index (χ4v) is 3.03. The third-order valence-electron chi connectivity index (χ3n) is 4.12. The van der Waals surface area contributed by atoms with E-state index in [2.05, 4.69) is 41.4 Å². The highest BCUT2D eigenvalue weighted by molar-refractivity contribution is 5.79. The summed E-state index contributed by atoms with van der Waals surface area (Å²) in [5.74, 6) is -0.254. The molecule has 4 heteroatoms. The van der Waals surface area contributed by atoms with Crippen LogP contribution in [0.15, 0.2) is 24.3 Å². The lowest BCUT2D eigenvalue weighted by molar-refractivity contribution is -0.116. The summed E-state index contributed by atoms with van der Waals surface area (Å²) in [6.45, 7) is 4.42. The van der Waals surface area contributed by atoms with Gasteiger partial charge in [0, 0.05) is 18.3 Å². The molecule has 4 nitrogen and oxygen atoms in total.